The molecule has 0 aliphatic carbocycles. The summed E-state index contributed by atoms with van der Waals surface area (Å²) in [7, 11) is 0. The standard InChI is InChI=1S/C11H15N3OS/c15-11-12-6-9-7-13(3-4-14(9)11)8-10-2-1-5-16-10/h1-2,5,9H,3-4,6-8H2,(H,12,15)/t9-/m0/s1. The molecular weight excluding hydrogens is 222 g/mol. The van der Waals surface area contributed by atoms with Gasteiger partial charge in [0.15, 0.2) is 0 Å². The topological polar surface area (TPSA) is 35.6 Å². The minimum atomic E-state index is 0.112. The maximum atomic E-state index is 11.4. The van der Waals surface area contributed by atoms with E-state index < -0.39 is 0 Å². The van der Waals surface area contributed by atoms with Gasteiger partial charge in [0.05, 0.1) is 6.04 Å². The van der Waals surface area contributed by atoms with Crippen molar-refractivity contribution in [3.63, 3.8) is 0 Å². The van der Waals surface area contributed by atoms with Gasteiger partial charge in [-0.1, -0.05) is 6.07 Å². The molecule has 0 aromatic carbocycles. The van der Waals surface area contributed by atoms with Gasteiger partial charge in [-0.3, -0.25) is 4.90 Å². The van der Waals surface area contributed by atoms with Crippen molar-refractivity contribution in [2.45, 2.75) is 12.6 Å². The second kappa shape index (κ2) is 4.07. The number of amides is 2. The van der Waals surface area contributed by atoms with E-state index in [0.29, 0.717) is 6.04 Å². The Morgan fingerprint density at radius 2 is 2.44 bits per heavy atom. The van der Waals surface area contributed by atoms with Gasteiger partial charge in [0.2, 0.25) is 0 Å². The van der Waals surface area contributed by atoms with E-state index in [2.05, 4.69) is 27.7 Å². The first kappa shape index (κ1) is 10.1. The first-order chi connectivity index (χ1) is 7.83. The van der Waals surface area contributed by atoms with Crippen molar-refractivity contribution < 1.29 is 4.79 Å². The minimum Gasteiger partial charge on any atom is -0.336 e. The molecule has 0 spiro atoms. The molecule has 0 bridgehead atoms. The largest absolute Gasteiger partial charge is 0.336 e. The summed E-state index contributed by atoms with van der Waals surface area (Å²) in [6.07, 6.45) is 0. The normalized spacial score (nSPS) is 25.6. The highest BCUT2D eigenvalue weighted by atomic mass is 32.1. The van der Waals surface area contributed by atoms with E-state index in [1.807, 2.05) is 4.90 Å². The number of rotatable bonds is 2. The Bertz CT molecular complexity index is 379. The summed E-state index contributed by atoms with van der Waals surface area (Å²) in [5.41, 5.74) is 0. The Morgan fingerprint density at radius 3 is 3.25 bits per heavy atom. The van der Waals surface area contributed by atoms with Crippen molar-refractivity contribution in [2.24, 2.45) is 0 Å². The van der Waals surface area contributed by atoms with Crippen LogP contribution >= 0.6 is 11.3 Å². The number of thiophene rings is 1. The van der Waals surface area contributed by atoms with Crippen LogP contribution in [0.2, 0.25) is 0 Å². The van der Waals surface area contributed by atoms with Gasteiger partial charge in [0, 0.05) is 37.6 Å². The first-order valence-electron chi connectivity index (χ1n) is 5.62. The Labute approximate surface area is 98.8 Å². The predicted molar refractivity (Wildman–Crippen MR) is 63.5 cm³/mol. The minimum absolute atomic E-state index is 0.112. The second-order valence-electron chi connectivity index (χ2n) is 4.35. The fraction of sp³-hybridized carbons (Fsp3) is 0.545. The zero-order valence-corrected chi connectivity index (χ0v) is 9.87. The molecule has 3 heterocycles. The summed E-state index contributed by atoms with van der Waals surface area (Å²) in [5.74, 6) is 0. The number of nitrogens with zero attached hydrogens (tertiary/aromatic N) is 2. The summed E-state index contributed by atoms with van der Waals surface area (Å²) in [5, 5.41) is 5.02. The Balaban J connectivity index is 1.62. The SMILES string of the molecule is O=C1NC[C@H]2CN(Cc3cccs3)CCN12. The number of urea groups is 1. The number of carbonyl (C=O) groups excluding carboxylic acids is 1. The van der Waals surface area contributed by atoms with E-state index in [9.17, 15) is 4.79 Å². The summed E-state index contributed by atoms with van der Waals surface area (Å²) in [6, 6.07) is 4.76. The van der Waals surface area contributed by atoms with Gasteiger partial charge >= 0.3 is 6.03 Å². The molecule has 0 radical (unpaired) electrons. The third-order valence-corrected chi connectivity index (χ3v) is 4.14. The van der Waals surface area contributed by atoms with Gasteiger partial charge in [-0.2, -0.15) is 0 Å². The van der Waals surface area contributed by atoms with Gasteiger partial charge in [-0.25, -0.2) is 4.79 Å². The number of hydrogen-bond donors (Lipinski definition) is 1. The second-order valence-corrected chi connectivity index (χ2v) is 5.38. The van der Waals surface area contributed by atoms with Crippen LogP contribution in [-0.2, 0) is 6.54 Å². The average Bonchev–Trinajstić information content (AvgIpc) is 2.90. The fourth-order valence-electron chi connectivity index (χ4n) is 2.43. The van der Waals surface area contributed by atoms with E-state index in [4.69, 9.17) is 0 Å². The highest BCUT2D eigenvalue weighted by Gasteiger charge is 2.35. The molecule has 2 aliphatic rings. The molecule has 1 atom stereocenters. The maximum absolute atomic E-state index is 11.4. The van der Waals surface area contributed by atoms with Crippen LogP contribution < -0.4 is 5.32 Å². The van der Waals surface area contributed by atoms with Crippen LogP contribution in [0.5, 0.6) is 0 Å². The summed E-state index contributed by atoms with van der Waals surface area (Å²) in [4.78, 5) is 17.2. The molecular formula is C11H15N3OS. The summed E-state index contributed by atoms with van der Waals surface area (Å²) >= 11 is 1.80. The number of hydrogen-bond acceptors (Lipinski definition) is 3. The van der Waals surface area contributed by atoms with Crippen molar-refractivity contribution >= 4 is 17.4 Å². The Hall–Kier alpha value is -1.07. The number of nitrogens with one attached hydrogen (secondary N) is 1. The third kappa shape index (κ3) is 1.81. The molecule has 1 N–H and O–H groups in total. The molecule has 2 aliphatic heterocycles. The molecule has 1 aromatic rings. The highest BCUT2D eigenvalue weighted by Crippen LogP contribution is 2.18. The summed E-state index contributed by atoms with van der Waals surface area (Å²) in [6.45, 7) is 4.68. The monoisotopic (exact) mass is 237 g/mol. The van der Waals surface area contributed by atoms with E-state index in [1.165, 1.54) is 4.88 Å². The molecule has 2 fully saturated rings. The number of fused-ring (bicyclic) bond motifs is 1. The zero-order chi connectivity index (χ0) is 11.0. The van der Waals surface area contributed by atoms with Crippen molar-refractivity contribution in [1.29, 1.82) is 0 Å². The number of carbonyl (C=O) groups is 1. The first-order valence-corrected chi connectivity index (χ1v) is 6.50. The molecule has 16 heavy (non-hydrogen) atoms. The lowest BCUT2D eigenvalue weighted by Gasteiger charge is -2.36. The predicted octanol–water partition coefficient (Wildman–Crippen LogP) is 0.957. The van der Waals surface area contributed by atoms with Crippen LogP contribution in [-0.4, -0.2) is 48.1 Å². The van der Waals surface area contributed by atoms with Crippen molar-refractivity contribution in [3.8, 4) is 0 Å². The Morgan fingerprint density at radius 1 is 1.50 bits per heavy atom. The zero-order valence-electron chi connectivity index (χ0n) is 9.06. The average molecular weight is 237 g/mol. The van der Waals surface area contributed by atoms with Gasteiger partial charge in [-0.05, 0) is 11.4 Å². The van der Waals surface area contributed by atoms with E-state index in [0.717, 1.165) is 32.7 Å². The van der Waals surface area contributed by atoms with E-state index in [-0.39, 0.29) is 6.03 Å². The van der Waals surface area contributed by atoms with Gasteiger partial charge in [-0.15, -0.1) is 11.3 Å². The summed E-state index contributed by atoms with van der Waals surface area (Å²) < 4.78 is 0. The smallest absolute Gasteiger partial charge is 0.317 e. The van der Waals surface area contributed by atoms with E-state index >= 15 is 0 Å². The van der Waals surface area contributed by atoms with Crippen LogP contribution in [0.1, 0.15) is 4.88 Å². The lowest BCUT2D eigenvalue weighted by molar-refractivity contribution is 0.117. The van der Waals surface area contributed by atoms with Crippen molar-refractivity contribution in [1.82, 2.24) is 15.1 Å². The van der Waals surface area contributed by atoms with Crippen LogP contribution in [0.3, 0.4) is 0 Å². The maximum Gasteiger partial charge on any atom is 0.317 e. The number of piperazine rings is 1. The van der Waals surface area contributed by atoms with Gasteiger partial charge in [0.1, 0.15) is 0 Å². The molecule has 2 saturated heterocycles. The van der Waals surface area contributed by atoms with Crippen LogP contribution in [0.15, 0.2) is 17.5 Å². The molecule has 0 unspecified atom stereocenters. The molecule has 1 aromatic heterocycles. The van der Waals surface area contributed by atoms with Gasteiger partial charge < -0.3 is 10.2 Å². The molecule has 0 saturated carbocycles. The van der Waals surface area contributed by atoms with E-state index in [1.54, 1.807) is 11.3 Å². The lowest BCUT2D eigenvalue weighted by atomic mass is 10.2. The molecule has 86 valence electrons. The van der Waals surface area contributed by atoms with Crippen molar-refractivity contribution in [3.05, 3.63) is 22.4 Å². The van der Waals surface area contributed by atoms with Crippen LogP contribution in [0.25, 0.3) is 0 Å². The lowest BCUT2D eigenvalue weighted by Crippen LogP contribution is -2.51. The van der Waals surface area contributed by atoms with Crippen LogP contribution in [0.4, 0.5) is 4.79 Å². The molecule has 4 nitrogen and oxygen atoms in total. The molecule has 3 rings (SSSR count). The fourth-order valence-corrected chi connectivity index (χ4v) is 3.18. The molecule has 2 amide bonds. The van der Waals surface area contributed by atoms with Crippen LogP contribution in [0, 0.1) is 0 Å². The quantitative estimate of drug-likeness (QED) is 0.831. The highest BCUT2D eigenvalue weighted by molar-refractivity contribution is 7.09. The Kier molecular flexibility index (Phi) is 2.57. The third-order valence-electron chi connectivity index (χ3n) is 3.28. The molecule has 5 heteroatoms. The van der Waals surface area contributed by atoms with Gasteiger partial charge in [0.25, 0.3) is 0 Å². The van der Waals surface area contributed by atoms with Crippen molar-refractivity contribution in [2.75, 3.05) is 26.2 Å².